The average molecular weight is 693 g/mol. The van der Waals surface area contributed by atoms with Crippen molar-refractivity contribution in [2.45, 2.75) is 45.6 Å². The van der Waals surface area contributed by atoms with Gasteiger partial charge in [0.25, 0.3) is 0 Å². The lowest BCUT2D eigenvalue weighted by Gasteiger charge is -2.23. The summed E-state index contributed by atoms with van der Waals surface area (Å²) in [5.74, 6) is -1.26. The lowest BCUT2D eigenvalue weighted by atomic mass is 9.97. The van der Waals surface area contributed by atoms with Crippen molar-refractivity contribution in [1.29, 1.82) is 0 Å². The lowest BCUT2D eigenvalue weighted by Crippen LogP contribution is -2.23. The second kappa shape index (κ2) is 17.4. The highest BCUT2D eigenvalue weighted by molar-refractivity contribution is 5.89. The fraction of sp³-hybridized carbons (Fsp3) is 0.250. The number of carbonyl (C=O) groups is 1. The number of hydrogen-bond donors (Lipinski definition) is 0. The Morgan fingerprint density at radius 1 is 0.843 bits per heavy atom. The van der Waals surface area contributed by atoms with Crippen molar-refractivity contribution in [3.8, 4) is 0 Å². The van der Waals surface area contributed by atoms with E-state index < -0.39 is 23.5 Å². The second-order valence-corrected chi connectivity index (χ2v) is 11.8. The Morgan fingerprint density at radius 2 is 1.47 bits per heavy atom. The first kappa shape index (κ1) is 37.6. The molecule has 0 unspecified atom stereocenters. The van der Waals surface area contributed by atoms with Gasteiger partial charge in [0, 0.05) is 29.9 Å². The van der Waals surface area contributed by atoms with Gasteiger partial charge in [0.15, 0.2) is 5.83 Å². The molecule has 3 aromatic rings. The van der Waals surface area contributed by atoms with Crippen LogP contribution in [-0.4, -0.2) is 31.3 Å². The number of unbranched alkanes of at least 4 members (excludes halogenated alkanes) is 2. The predicted molar refractivity (Wildman–Crippen MR) is 191 cm³/mol. The number of carbonyl (C=O) groups excluding carboxylic acids is 1. The molecule has 4 rings (SSSR count). The highest BCUT2D eigenvalue weighted by Crippen LogP contribution is 2.42. The van der Waals surface area contributed by atoms with Crippen LogP contribution in [0.5, 0.6) is 0 Å². The van der Waals surface area contributed by atoms with E-state index in [1.807, 2.05) is 36.4 Å². The van der Waals surface area contributed by atoms with E-state index in [2.05, 4.69) is 38.5 Å². The molecule has 0 amide bonds. The summed E-state index contributed by atoms with van der Waals surface area (Å²) in [5, 5.41) is 0. The summed E-state index contributed by atoms with van der Waals surface area (Å²) in [6, 6.07) is 16.6. The minimum Gasteiger partial charge on any atom is -0.499 e. The molecular formula is C40H35F3N4O4. The third-order valence-corrected chi connectivity index (χ3v) is 7.99. The number of esters is 1. The maximum Gasteiger partial charge on any atom is 0.550 e. The number of benzene rings is 2. The maximum atomic E-state index is 13.3. The van der Waals surface area contributed by atoms with Gasteiger partial charge in [-0.05, 0) is 94.1 Å². The van der Waals surface area contributed by atoms with Crippen molar-refractivity contribution < 1.29 is 31.9 Å². The van der Waals surface area contributed by atoms with Crippen LogP contribution >= 0.6 is 0 Å². The standard InChI is InChI=1S/C40H35F3N4O4/c1-7-47(25-9-8-10-26-49-39(48)29-16-14-28(15-17-29)34(41)37(42)43)30-18-11-27(12-19-30)13-20-31-21-22-32(50-31)23-24-33-35(44-4)36(38(45-5)46-6)51-40(33,2)3/h11-24H,7-10,25-26H2,1-3H3. The van der Waals surface area contributed by atoms with Crippen LogP contribution in [0.1, 0.15) is 73.0 Å². The second-order valence-electron chi connectivity index (χ2n) is 11.8. The first-order valence-corrected chi connectivity index (χ1v) is 16.1. The Hall–Kier alpha value is -6.25. The molecule has 1 aliphatic rings. The summed E-state index contributed by atoms with van der Waals surface area (Å²) in [7, 11) is 0. The first-order valence-electron chi connectivity index (χ1n) is 16.1. The monoisotopic (exact) mass is 692 g/mol. The van der Waals surface area contributed by atoms with Crippen LogP contribution in [0.25, 0.3) is 38.6 Å². The molecule has 11 heteroatoms. The Bertz CT molecular complexity index is 2000. The van der Waals surface area contributed by atoms with Gasteiger partial charge in [-0.3, -0.25) is 0 Å². The molecule has 1 aromatic heterocycles. The van der Waals surface area contributed by atoms with Crippen molar-refractivity contribution in [1.82, 2.24) is 0 Å². The van der Waals surface area contributed by atoms with Crippen molar-refractivity contribution >= 4 is 35.7 Å². The number of furan rings is 1. The van der Waals surface area contributed by atoms with Crippen LogP contribution in [0.3, 0.4) is 0 Å². The number of halogens is 3. The van der Waals surface area contributed by atoms with Gasteiger partial charge in [-0.15, -0.1) is 0 Å². The van der Waals surface area contributed by atoms with Crippen LogP contribution in [0.4, 0.5) is 18.9 Å². The third-order valence-electron chi connectivity index (χ3n) is 7.99. The number of rotatable bonds is 14. The Morgan fingerprint density at radius 3 is 2.06 bits per heavy atom. The Kier molecular flexibility index (Phi) is 12.8. The number of ether oxygens (including phenoxy) is 2. The van der Waals surface area contributed by atoms with E-state index in [1.54, 1.807) is 26.0 Å². The fourth-order valence-corrected chi connectivity index (χ4v) is 5.28. The van der Waals surface area contributed by atoms with Crippen LogP contribution in [-0.2, 0) is 9.47 Å². The largest absolute Gasteiger partial charge is 0.550 e. The van der Waals surface area contributed by atoms with E-state index in [0.29, 0.717) is 23.5 Å². The summed E-state index contributed by atoms with van der Waals surface area (Å²) in [5.41, 5.74) is 1.76. The zero-order chi connectivity index (χ0) is 37.0. The number of nitrogens with zero attached hydrogens (tertiary/aromatic N) is 4. The van der Waals surface area contributed by atoms with Crippen LogP contribution in [0.2, 0.25) is 0 Å². The molecular weight excluding hydrogens is 657 g/mol. The molecule has 0 aliphatic carbocycles. The van der Waals surface area contributed by atoms with Crippen molar-refractivity contribution in [3.63, 3.8) is 0 Å². The number of hydrogen-bond acceptors (Lipinski definition) is 5. The molecule has 0 saturated carbocycles. The molecule has 0 saturated heterocycles. The molecule has 2 heterocycles. The molecule has 260 valence electrons. The van der Waals surface area contributed by atoms with E-state index in [9.17, 15) is 18.0 Å². The normalized spacial score (nSPS) is 13.4. The van der Waals surface area contributed by atoms with E-state index in [-0.39, 0.29) is 35.0 Å². The topological polar surface area (TPSA) is 65.0 Å². The number of anilines is 1. The van der Waals surface area contributed by atoms with Crippen molar-refractivity contribution in [2.24, 2.45) is 0 Å². The highest BCUT2D eigenvalue weighted by atomic mass is 19.3. The zero-order valence-electron chi connectivity index (χ0n) is 28.4. The van der Waals surface area contributed by atoms with E-state index in [4.69, 9.17) is 33.6 Å². The van der Waals surface area contributed by atoms with Gasteiger partial charge in [-0.2, -0.15) is 18.5 Å². The summed E-state index contributed by atoms with van der Waals surface area (Å²) in [6.07, 6.45) is 7.24. The summed E-state index contributed by atoms with van der Waals surface area (Å²) >= 11 is 0. The van der Waals surface area contributed by atoms with Crippen molar-refractivity contribution in [2.75, 3.05) is 24.6 Å². The van der Waals surface area contributed by atoms with Gasteiger partial charge in [-0.25, -0.2) is 14.0 Å². The van der Waals surface area contributed by atoms with Gasteiger partial charge >= 0.3 is 17.9 Å². The molecule has 0 radical (unpaired) electrons. The smallest absolute Gasteiger partial charge is 0.499 e. The SMILES string of the molecule is [C-]#[N+]C([N+]#[C-])=C1OC(C)(C)C(C=Cc2ccc(C=Cc3ccc(N(CC)CCCCCOC(=O)c4ccc(C(F)=C(F)F)cc4)cc3)o2)=C1[N+]#[C-]. The zero-order valence-corrected chi connectivity index (χ0v) is 28.4. The molecule has 51 heavy (non-hydrogen) atoms. The third kappa shape index (κ3) is 9.68. The molecule has 0 fully saturated rings. The van der Waals surface area contributed by atoms with Gasteiger partial charge in [-0.1, -0.05) is 36.4 Å². The van der Waals surface area contributed by atoms with Crippen LogP contribution < -0.4 is 4.90 Å². The summed E-state index contributed by atoms with van der Waals surface area (Å²) in [4.78, 5) is 24.4. The molecule has 8 nitrogen and oxygen atoms in total. The minimum absolute atomic E-state index is 0.00494. The van der Waals surface area contributed by atoms with E-state index >= 15 is 0 Å². The summed E-state index contributed by atoms with van der Waals surface area (Å²) < 4.78 is 55.1. The molecule has 0 N–H and O–H groups in total. The minimum atomic E-state index is -2.41. The highest BCUT2D eigenvalue weighted by Gasteiger charge is 2.41. The predicted octanol–water partition coefficient (Wildman–Crippen LogP) is 10.8. The summed E-state index contributed by atoms with van der Waals surface area (Å²) in [6.45, 7) is 29.6. The van der Waals surface area contributed by atoms with Crippen LogP contribution in [0, 0.1) is 19.7 Å². The molecule has 0 bridgehead atoms. The Labute approximate surface area is 295 Å². The van der Waals surface area contributed by atoms with Gasteiger partial charge in [0.2, 0.25) is 11.5 Å². The van der Waals surface area contributed by atoms with Gasteiger partial charge < -0.3 is 18.8 Å². The Balaban J connectivity index is 1.25. The molecule has 0 spiro atoms. The molecule has 0 atom stereocenters. The van der Waals surface area contributed by atoms with E-state index in [0.717, 1.165) is 49.3 Å². The van der Waals surface area contributed by atoms with Crippen molar-refractivity contribution in [3.05, 3.63) is 158 Å². The molecule has 1 aliphatic heterocycles. The maximum absolute atomic E-state index is 13.3. The quantitative estimate of drug-likeness (QED) is 0.0956. The van der Waals surface area contributed by atoms with Crippen LogP contribution in [0.15, 0.2) is 100 Å². The fourth-order valence-electron chi connectivity index (χ4n) is 5.28. The van der Waals surface area contributed by atoms with Gasteiger partial charge in [0.05, 0.1) is 18.7 Å². The van der Waals surface area contributed by atoms with Gasteiger partial charge in [0.1, 0.15) is 30.3 Å². The van der Waals surface area contributed by atoms with E-state index in [1.165, 1.54) is 12.1 Å². The average Bonchev–Trinajstić information content (AvgIpc) is 3.70. The first-order chi connectivity index (χ1) is 24.5. The molecule has 2 aromatic carbocycles. The lowest BCUT2D eigenvalue weighted by molar-refractivity contribution is 0.0498.